The Morgan fingerprint density at radius 3 is 2.39 bits per heavy atom. The maximum absolute atomic E-state index is 10.8. The van der Waals surface area contributed by atoms with E-state index in [1.54, 1.807) is 24.3 Å². The summed E-state index contributed by atoms with van der Waals surface area (Å²) in [5, 5.41) is 8.85. The molecule has 4 heteroatoms. The van der Waals surface area contributed by atoms with Crippen LogP contribution >= 0.6 is 0 Å². The quantitative estimate of drug-likeness (QED) is 0.865. The lowest BCUT2D eigenvalue weighted by Gasteiger charge is -2.10. The molecule has 4 nitrogen and oxygen atoms in total. The largest absolute Gasteiger partial charge is 0.480 e. The molecule has 18 heavy (non-hydrogen) atoms. The zero-order valence-electron chi connectivity index (χ0n) is 9.61. The number of para-hydroxylation sites is 1. The molecule has 1 unspecified atom stereocenters. The second kappa shape index (κ2) is 5.33. The Hall–Kier alpha value is -2.33. The van der Waals surface area contributed by atoms with Gasteiger partial charge in [0.1, 0.15) is 17.5 Å². The summed E-state index contributed by atoms with van der Waals surface area (Å²) in [4.78, 5) is 10.8. The number of nitrogens with two attached hydrogens (primary N) is 1. The van der Waals surface area contributed by atoms with Gasteiger partial charge in [-0.15, -0.1) is 0 Å². The first-order valence-electron chi connectivity index (χ1n) is 5.48. The number of carboxylic acid groups (broad SMARTS) is 1. The van der Waals surface area contributed by atoms with Crippen molar-refractivity contribution >= 4 is 5.97 Å². The van der Waals surface area contributed by atoms with Crippen molar-refractivity contribution < 1.29 is 14.6 Å². The van der Waals surface area contributed by atoms with Crippen molar-refractivity contribution in [2.24, 2.45) is 5.73 Å². The number of rotatable bonds is 4. The highest BCUT2D eigenvalue weighted by atomic mass is 16.5. The van der Waals surface area contributed by atoms with Crippen molar-refractivity contribution in [2.75, 3.05) is 0 Å². The standard InChI is InChI=1S/C14H13NO3/c15-13(14(16)17)10-5-4-8-12(9-10)18-11-6-2-1-3-7-11/h1-9,13H,15H2,(H,16,17). The van der Waals surface area contributed by atoms with Crippen LogP contribution in [0.1, 0.15) is 11.6 Å². The number of ether oxygens (including phenoxy) is 1. The Bertz CT molecular complexity index is 540. The van der Waals surface area contributed by atoms with E-state index in [2.05, 4.69) is 0 Å². The number of benzene rings is 2. The van der Waals surface area contributed by atoms with Gasteiger partial charge in [0.25, 0.3) is 0 Å². The van der Waals surface area contributed by atoms with Crippen LogP contribution in [0.3, 0.4) is 0 Å². The summed E-state index contributed by atoms with van der Waals surface area (Å²) < 4.78 is 5.60. The molecule has 1 atom stereocenters. The van der Waals surface area contributed by atoms with Gasteiger partial charge in [0.05, 0.1) is 0 Å². The minimum atomic E-state index is -1.06. The molecule has 92 valence electrons. The van der Waals surface area contributed by atoms with Crippen molar-refractivity contribution in [1.82, 2.24) is 0 Å². The van der Waals surface area contributed by atoms with E-state index in [1.165, 1.54) is 0 Å². The van der Waals surface area contributed by atoms with Crippen LogP contribution in [-0.2, 0) is 4.79 Å². The maximum Gasteiger partial charge on any atom is 0.325 e. The molecule has 0 aliphatic heterocycles. The Morgan fingerprint density at radius 1 is 1.06 bits per heavy atom. The molecule has 0 aromatic heterocycles. The molecule has 0 bridgehead atoms. The summed E-state index contributed by atoms with van der Waals surface area (Å²) in [6.07, 6.45) is 0. The third-order valence-corrected chi connectivity index (χ3v) is 2.46. The summed E-state index contributed by atoms with van der Waals surface area (Å²) in [5.74, 6) is 0.195. The van der Waals surface area contributed by atoms with E-state index < -0.39 is 12.0 Å². The molecule has 0 amide bonds. The van der Waals surface area contributed by atoms with Crippen molar-refractivity contribution in [3.63, 3.8) is 0 Å². The molecule has 2 rings (SSSR count). The molecule has 2 aromatic carbocycles. The molecule has 0 heterocycles. The lowest BCUT2D eigenvalue weighted by Crippen LogP contribution is -2.20. The fourth-order valence-corrected chi connectivity index (χ4v) is 1.54. The van der Waals surface area contributed by atoms with Crippen molar-refractivity contribution in [2.45, 2.75) is 6.04 Å². The average Bonchev–Trinajstić information content (AvgIpc) is 2.39. The topological polar surface area (TPSA) is 72.6 Å². The van der Waals surface area contributed by atoms with Gasteiger partial charge in [-0.25, -0.2) is 0 Å². The van der Waals surface area contributed by atoms with Gasteiger partial charge in [-0.2, -0.15) is 0 Å². The highest BCUT2D eigenvalue weighted by Gasteiger charge is 2.14. The van der Waals surface area contributed by atoms with Gasteiger partial charge in [0, 0.05) is 0 Å². The molecule has 0 saturated heterocycles. The first-order chi connectivity index (χ1) is 8.66. The lowest BCUT2D eigenvalue weighted by molar-refractivity contribution is -0.138. The molecule has 0 spiro atoms. The first kappa shape index (κ1) is 12.1. The monoisotopic (exact) mass is 243 g/mol. The van der Waals surface area contributed by atoms with E-state index in [0.29, 0.717) is 17.1 Å². The van der Waals surface area contributed by atoms with E-state index in [-0.39, 0.29) is 0 Å². The molecule has 0 aliphatic carbocycles. The Balaban J connectivity index is 2.20. The van der Waals surface area contributed by atoms with E-state index in [1.807, 2.05) is 30.3 Å². The Morgan fingerprint density at radius 2 is 1.72 bits per heavy atom. The van der Waals surface area contributed by atoms with Crippen LogP contribution in [0.4, 0.5) is 0 Å². The van der Waals surface area contributed by atoms with Crippen LogP contribution in [0, 0.1) is 0 Å². The molecule has 2 aromatic rings. The van der Waals surface area contributed by atoms with Gasteiger partial charge in [-0.05, 0) is 29.8 Å². The first-order valence-corrected chi connectivity index (χ1v) is 5.48. The van der Waals surface area contributed by atoms with Gasteiger partial charge >= 0.3 is 5.97 Å². The Labute approximate surface area is 105 Å². The summed E-state index contributed by atoms with van der Waals surface area (Å²) in [7, 11) is 0. The number of carbonyl (C=O) groups is 1. The number of carboxylic acids is 1. The number of aliphatic carboxylic acids is 1. The summed E-state index contributed by atoms with van der Waals surface area (Å²) in [6, 6.07) is 15.0. The zero-order valence-corrected chi connectivity index (χ0v) is 9.61. The Kier molecular flexibility index (Phi) is 3.60. The van der Waals surface area contributed by atoms with Crippen molar-refractivity contribution in [1.29, 1.82) is 0 Å². The molecular weight excluding hydrogens is 230 g/mol. The minimum Gasteiger partial charge on any atom is -0.480 e. The van der Waals surface area contributed by atoms with Gasteiger partial charge in [-0.1, -0.05) is 30.3 Å². The molecular formula is C14H13NO3. The van der Waals surface area contributed by atoms with Crippen molar-refractivity contribution in [3.05, 3.63) is 60.2 Å². The molecule has 0 aliphatic rings. The van der Waals surface area contributed by atoms with Crippen molar-refractivity contribution in [3.8, 4) is 11.5 Å². The maximum atomic E-state index is 10.8. The fraction of sp³-hybridized carbons (Fsp3) is 0.0714. The average molecular weight is 243 g/mol. The van der Waals surface area contributed by atoms with Crippen LogP contribution in [0.2, 0.25) is 0 Å². The third kappa shape index (κ3) is 2.87. The lowest BCUT2D eigenvalue weighted by atomic mass is 10.1. The van der Waals surface area contributed by atoms with Crippen LogP contribution in [0.5, 0.6) is 11.5 Å². The van der Waals surface area contributed by atoms with E-state index in [0.717, 1.165) is 0 Å². The summed E-state index contributed by atoms with van der Waals surface area (Å²) in [6.45, 7) is 0. The van der Waals surface area contributed by atoms with Crippen LogP contribution in [-0.4, -0.2) is 11.1 Å². The van der Waals surface area contributed by atoms with Crippen LogP contribution in [0.25, 0.3) is 0 Å². The van der Waals surface area contributed by atoms with E-state index >= 15 is 0 Å². The van der Waals surface area contributed by atoms with Crippen LogP contribution < -0.4 is 10.5 Å². The fourth-order valence-electron chi connectivity index (χ4n) is 1.54. The van der Waals surface area contributed by atoms with Gasteiger partial charge in [-0.3, -0.25) is 4.79 Å². The SMILES string of the molecule is NC(C(=O)O)c1cccc(Oc2ccccc2)c1. The smallest absolute Gasteiger partial charge is 0.325 e. The third-order valence-electron chi connectivity index (χ3n) is 2.46. The van der Waals surface area contributed by atoms with Gasteiger partial charge in [0.2, 0.25) is 0 Å². The van der Waals surface area contributed by atoms with E-state index in [4.69, 9.17) is 15.6 Å². The predicted molar refractivity (Wildman–Crippen MR) is 67.5 cm³/mol. The van der Waals surface area contributed by atoms with Gasteiger partial charge in [0.15, 0.2) is 0 Å². The van der Waals surface area contributed by atoms with Crippen LogP contribution in [0.15, 0.2) is 54.6 Å². The highest BCUT2D eigenvalue weighted by molar-refractivity contribution is 5.75. The molecule has 0 saturated carbocycles. The molecule has 0 radical (unpaired) electrons. The zero-order chi connectivity index (χ0) is 13.0. The molecule has 0 fully saturated rings. The summed E-state index contributed by atoms with van der Waals surface area (Å²) >= 11 is 0. The normalized spacial score (nSPS) is 11.8. The highest BCUT2D eigenvalue weighted by Crippen LogP contribution is 2.23. The van der Waals surface area contributed by atoms with E-state index in [9.17, 15) is 4.79 Å². The predicted octanol–water partition coefficient (Wildman–Crippen LogP) is 2.56. The molecule has 3 N–H and O–H groups in total. The second-order valence-electron chi connectivity index (χ2n) is 3.80. The second-order valence-corrected chi connectivity index (χ2v) is 3.80. The number of hydrogen-bond acceptors (Lipinski definition) is 3. The minimum absolute atomic E-state index is 0.510. The number of hydrogen-bond donors (Lipinski definition) is 2. The van der Waals surface area contributed by atoms with Gasteiger partial charge < -0.3 is 15.6 Å². The summed E-state index contributed by atoms with van der Waals surface area (Å²) in [5.41, 5.74) is 6.06.